The average Bonchev–Trinajstić information content (AvgIpc) is 2.46. The molecule has 0 unspecified atom stereocenters. The van der Waals surface area contributed by atoms with E-state index < -0.39 is 0 Å². The first-order chi connectivity index (χ1) is 9.93. The number of hydrogen-bond acceptors (Lipinski definition) is 3. The zero-order chi connectivity index (χ0) is 15.8. The predicted octanol–water partition coefficient (Wildman–Crippen LogP) is 2.38. The van der Waals surface area contributed by atoms with E-state index in [0.717, 1.165) is 11.4 Å². The van der Waals surface area contributed by atoms with Crippen LogP contribution in [0.25, 0.3) is 0 Å². The second-order valence-electron chi connectivity index (χ2n) is 5.12. The molecule has 1 atom stereocenters. The number of benzene rings is 1. The highest BCUT2D eigenvalue weighted by Gasteiger charge is 2.11. The fourth-order valence-corrected chi connectivity index (χ4v) is 1.58. The molecular formula is C16H23N3O2. The molecule has 5 nitrogen and oxygen atoms in total. The predicted molar refractivity (Wildman–Crippen MR) is 86.2 cm³/mol. The standard InChI is InChI=1S/C16H23N3O2/c1-5-10-17-16(21)12(4)18-13-6-8-14(9-7-13)19-15(20)11(2)3/h5-9,11-12,18H,1,10H2,2-4H3,(H,17,21)(H,19,20)/t12-/m0/s1. The van der Waals surface area contributed by atoms with Gasteiger partial charge >= 0.3 is 0 Å². The van der Waals surface area contributed by atoms with E-state index >= 15 is 0 Å². The molecule has 0 aromatic heterocycles. The Labute approximate surface area is 125 Å². The van der Waals surface area contributed by atoms with E-state index in [1.807, 2.05) is 26.0 Å². The maximum Gasteiger partial charge on any atom is 0.242 e. The van der Waals surface area contributed by atoms with Gasteiger partial charge in [-0.1, -0.05) is 19.9 Å². The Balaban J connectivity index is 2.56. The quantitative estimate of drug-likeness (QED) is 0.675. The highest BCUT2D eigenvalue weighted by molar-refractivity contribution is 5.92. The number of carbonyl (C=O) groups excluding carboxylic acids is 2. The molecule has 0 bridgehead atoms. The minimum atomic E-state index is -0.346. The Morgan fingerprint density at radius 3 is 2.19 bits per heavy atom. The van der Waals surface area contributed by atoms with Gasteiger partial charge in [0.2, 0.25) is 11.8 Å². The van der Waals surface area contributed by atoms with Crippen LogP contribution in [0, 0.1) is 5.92 Å². The number of anilines is 2. The molecule has 0 fully saturated rings. The van der Waals surface area contributed by atoms with Gasteiger partial charge in [-0.2, -0.15) is 0 Å². The van der Waals surface area contributed by atoms with Crippen molar-refractivity contribution in [2.24, 2.45) is 5.92 Å². The van der Waals surface area contributed by atoms with Gasteiger partial charge in [0.25, 0.3) is 0 Å². The smallest absolute Gasteiger partial charge is 0.242 e. The third-order valence-corrected chi connectivity index (χ3v) is 2.87. The molecule has 1 aromatic rings. The molecule has 0 aliphatic carbocycles. The second-order valence-corrected chi connectivity index (χ2v) is 5.12. The summed E-state index contributed by atoms with van der Waals surface area (Å²) < 4.78 is 0. The average molecular weight is 289 g/mol. The summed E-state index contributed by atoms with van der Waals surface area (Å²) in [5.41, 5.74) is 1.56. The molecule has 0 aliphatic heterocycles. The summed E-state index contributed by atoms with van der Waals surface area (Å²) in [6.07, 6.45) is 1.64. The molecule has 1 rings (SSSR count). The van der Waals surface area contributed by atoms with E-state index in [-0.39, 0.29) is 23.8 Å². The van der Waals surface area contributed by atoms with E-state index in [1.165, 1.54) is 0 Å². The van der Waals surface area contributed by atoms with Crippen LogP contribution in [0.4, 0.5) is 11.4 Å². The van der Waals surface area contributed by atoms with E-state index in [2.05, 4.69) is 22.5 Å². The lowest BCUT2D eigenvalue weighted by Crippen LogP contribution is -2.37. The zero-order valence-corrected chi connectivity index (χ0v) is 12.8. The van der Waals surface area contributed by atoms with Gasteiger partial charge in [0.1, 0.15) is 6.04 Å². The van der Waals surface area contributed by atoms with Crippen LogP contribution in [0.15, 0.2) is 36.9 Å². The number of amides is 2. The molecule has 21 heavy (non-hydrogen) atoms. The Hall–Kier alpha value is -2.30. The van der Waals surface area contributed by atoms with Crippen LogP contribution in [0.1, 0.15) is 20.8 Å². The fourth-order valence-electron chi connectivity index (χ4n) is 1.58. The molecule has 0 saturated carbocycles. The minimum absolute atomic E-state index is 0.0205. The zero-order valence-electron chi connectivity index (χ0n) is 12.8. The number of rotatable bonds is 7. The topological polar surface area (TPSA) is 70.2 Å². The molecule has 0 spiro atoms. The van der Waals surface area contributed by atoms with Crippen molar-refractivity contribution in [3.8, 4) is 0 Å². The summed E-state index contributed by atoms with van der Waals surface area (Å²) in [4.78, 5) is 23.3. The summed E-state index contributed by atoms with van der Waals surface area (Å²) in [7, 11) is 0. The van der Waals surface area contributed by atoms with Gasteiger partial charge in [0.15, 0.2) is 0 Å². The first kappa shape index (κ1) is 16.8. The molecule has 0 saturated heterocycles. The van der Waals surface area contributed by atoms with Crippen LogP contribution in [0.3, 0.4) is 0 Å². The van der Waals surface area contributed by atoms with Gasteiger partial charge in [0.05, 0.1) is 0 Å². The van der Waals surface area contributed by atoms with E-state index in [1.54, 1.807) is 25.1 Å². The molecule has 114 valence electrons. The van der Waals surface area contributed by atoms with Crippen molar-refractivity contribution in [3.63, 3.8) is 0 Å². The van der Waals surface area contributed by atoms with Crippen LogP contribution < -0.4 is 16.0 Å². The largest absolute Gasteiger partial charge is 0.374 e. The van der Waals surface area contributed by atoms with Crippen molar-refractivity contribution in [2.45, 2.75) is 26.8 Å². The molecular weight excluding hydrogens is 266 g/mol. The SMILES string of the molecule is C=CCNC(=O)[C@H](C)Nc1ccc(NC(=O)C(C)C)cc1. The van der Waals surface area contributed by atoms with Crippen LogP contribution in [0.2, 0.25) is 0 Å². The summed E-state index contributed by atoms with van der Waals surface area (Å²) in [6.45, 7) is 9.47. The molecule has 0 radical (unpaired) electrons. The van der Waals surface area contributed by atoms with Gasteiger partial charge in [-0.3, -0.25) is 9.59 Å². The summed E-state index contributed by atoms with van der Waals surface area (Å²) >= 11 is 0. The maximum absolute atomic E-state index is 11.7. The maximum atomic E-state index is 11.7. The van der Waals surface area contributed by atoms with Crippen molar-refractivity contribution in [2.75, 3.05) is 17.2 Å². The molecule has 0 aliphatic rings. The van der Waals surface area contributed by atoms with E-state index in [4.69, 9.17) is 0 Å². The van der Waals surface area contributed by atoms with Gasteiger partial charge < -0.3 is 16.0 Å². The van der Waals surface area contributed by atoms with Crippen LogP contribution in [0.5, 0.6) is 0 Å². The lowest BCUT2D eigenvalue weighted by molar-refractivity contribution is -0.121. The van der Waals surface area contributed by atoms with Gasteiger partial charge in [-0.05, 0) is 31.2 Å². The number of carbonyl (C=O) groups is 2. The molecule has 5 heteroatoms. The first-order valence-corrected chi connectivity index (χ1v) is 7.00. The third-order valence-electron chi connectivity index (χ3n) is 2.87. The third kappa shape index (κ3) is 5.69. The van der Waals surface area contributed by atoms with Crippen molar-refractivity contribution in [3.05, 3.63) is 36.9 Å². The lowest BCUT2D eigenvalue weighted by Gasteiger charge is -2.15. The Morgan fingerprint density at radius 2 is 1.67 bits per heavy atom. The first-order valence-electron chi connectivity index (χ1n) is 7.00. The summed E-state index contributed by atoms with van der Waals surface area (Å²) in [6, 6.07) is 6.91. The van der Waals surface area contributed by atoms with Gasteiger partial charge in [0, 0.05) is 23.8 Å². The monoisotopic (exact) mass is 289 g/mol. The van der Waals surface area contributed by atoms with Crippen molar-refractivity contribution in [1.82, 2.24) is 5.32 Å². The van der Waals surface area contributed by atoms with Gasteiger partial charge in [-0.25, -0.2) is 0 Å². The molecule has 3 N–H and O–H groups in total. The van der Waals surface area contributed by atoms with E-state index in [0.29, 0.717) is 6.54 Å². The lowest BCUT2D eigenvalue weighted by atomic mass is 10.2. The molecule has 1 aromatic carbocycles. The second kappa shape index (κ2) is 8.09. The van der Waals surface area contributed by atoms with Crippen LogP contribution >= 0.6 is 0 Å². The van der Waals surface area contributed by atoms with Crippen molar-refractivity contribution >= 4 is 23.2 Å². The summed E-state index contributed by atoms with van der Waals surface area (Å²) in [5, 5.41) is 8.64. The highest BCUT2D eigenvalue weighted by atomic mass is 16.2. The molecule has 0 heterocycles. The van der Waals surface area contributed by atoms with Gasteiger partial charge in [-0.15, -0.1) is 6.58 Å². The minimum Gasteiger partial charge on any atom is -0.374 e. The van der Waals surface area contributed by atoms with Crippen molar-refractivity contribution < 1.29 is 9.59 Å². The van der Waals surface area contributed by atoms with Crippen LogP contribution in [-0.2, 0) is 9.59 Å². The molecule has 2 amide bonds. The fraction of sp³-hybridized carbons (Fsp3) is 0.375. The Morgan fingerprint density at radius 1 is 1.10 bits per heavy atom. The van der Waals surface area contributed by atoms with E-state index in [9.17, 15) is 9.59 Å². The summed E-state index contributed by atoms with van der Waals surface area (Å²) in [5.74, 6) is -0.170. The normalized spacial score (nSPS) is 11.6. The van der Waals surface area contributed by atoms with Crippen LogP contribution in [-0.4, -0.2) is 24.4 Å². The number of nitrogens with one attached hydrogen (secondary N) is 3. The Bertz CT molecular complexity index is 495. The number of hydrogen-bond donors (Lipinski definition) is 3. The van der Waals surface area contributed by atoms with Crippen molar-refractivity contribution in [1.29, 1.82) is 0 Å². The Kier molecular flexibility index (Phi) is 6.46. The highest BCUT2D eigenvalue weighted by Crippen LogP contribution is 2.15.